The molecule has 174 valence electrons. The lowest BCUT2D eigenvalue weighted by atomic mass is 9.86. The number of ketones is 1. The average Bonchev–Trinajstić information content (AvgIpc) is 3.30. The number of hydrogen-bond donors (Lipinski definition) is 3. The van der Waals surface area contributed by atoms with Crippen LogP contribution in [0, 0.1) is 5.92 Å². The highest BCUT2D eigenvalue weighted by Gasteiger charge is 2.24. The molecule has 1 saturated carbocycles. The molecule has 0 spiro atoms. The highest BCUT2D eigenvalue weighted by Crippen LogP contribution is 2.33. The number of anilines is 1. The summed E-state index contributed by atoms with van der Waals surface area (Å²) in [4.78, 5) is 25.0. The van der Waals surface area contributed by atoms with E-state index >= 15 is 0 Å². The topological polar surface area (TPSA) is 100 Å². The first-order valence-corrected chi connectivity index (χ1v) is 11.8. The number of ether oxygens (including phenoxy) is 1. The predicted octanol–water partition coefficient (Wildman–Crippen LogP) is 5.60. The van der Waals surface area contributed by atoms with Gasteiger partial charge in [-0.2, -0.15) is 0 Å². The molecular formula is C26H25ClN4O3. The maximum atomic E-state index is 13.5. The fourth-order valence-electron chi connectivity index (χ4n) is 4.50. The van der Waals surface area contributed by atoms with Gasteiger partial charge in [0.15, 0.2) is 5.78 Å². The van der Waals surface area contributed by atoms with E-state index < -0.39 is 0 Å². The lowest BCUT2D eigenvalue weighted by Crippen LogP contribution is -2.27. The summed E-state index contributed by atoms with van der Waals surface area (Å²) in [5.74, 6) is 1.30. The molecule has 34 heavy (non-hydrogen) atoms. The second-order valence-corrected chi connectivity index (χ2v) is 9.00. The van der Waals surface area contributed by atoms with E-state index in [1.54, 1.807) is 55.1 Å². The summed E-state index contributed by atoms with van der Waals surface area (Å²) >= 11 is 6.50. The van der Waals surface area contributed by atoms with Gasteiger partial charge in [0.2, 0.25) is 0 Å². The van der Waals surface area contributed by atoms with E-state index in [0.29, 0.717) is 45.3 Å². The number of nitrogens with zero attached hydrogens (tertiary/aromatic N) is 2. The van der Waals surface area contributed by atoms with Gasteiger partial charge in [-0.25, -0.2) is 4.98 Å². The molecule has 0 radical (unpaired) electrons. The van der Waals surface area contributed by atoms with Gasteiger partial charge >= 0.3 is 0 Å². The average molecular weight is 477 g/mol. The summed E-state index contributed by atoms with van der Waals surface area (Å²) in [6.45, 7) is 0.246. The molecule has 7 nitrogen and oxygen atoms in total. The molecule has 4 aromatic rings. The Bertz CT molecular complexity index is 1300. The van der Waals surface area contributed by atoms with Crippen LogP contribution in [-0.2, 0) is 0 Å². The number of pyridine rings is 2. The normalized spacial score (nSPS) is 18.1. The molecule has 0 unspecified atom stereocenters. The van der Waals surface area contributed by atoms with Crippen LogP contribution in [0.2, 0.25) is 5.02 Å². The third-order valence-corrected chi connectivity index (χ3v) is 6.65. The van der Waals surface area contributed by atoms with Crippen LogP contribution < -0.4 is 10.1 Å². The monoisotopic (exact) mass is 476 g/mol. The lowest BCUT2D eigenvalue weighted by Gasteiger charge is -2.29. The van der Waals surface area contributed by atoms with Crippen molar-refractivity contribution < 1.29 is 14.6 Å². The maximum Gasteiger partial charge on any atom is 0.196 e. The molecule has 1 aliphatic rings. The molecule has 3 heterocycles. The molecule has 0 aliphatic heterocycles. The number of H-pyrrole nitrogens is 1. The Labute approximate surface area is 202 Å². The fourth-order valence-corrected chi connectivity index (χ4v) is 4.75. The van der Waals surface area contributed by atoms with Crippen LogP contribution in [0.1, 0.15) is 41.6 Å². The minimum absolute atomic E-state index is 0.191. The third kappa shape index (κ3) is 4.62. The van der Waals surface area contributed by atoms with Crippen molar-refractivity contribution in [2.45, 2.75) is 31.7 Å². The molecule has 8 heteroatoms. The van der Waals surface area contributed by atoms with Gasteiger partial charge in [-0.1, -0.05) is 11.6 Å². The summed E-state index contributed by atoms with van der Waals surface area (Å²) < 4.78 is 5.77. The first-order valence-electron chi connectivity index (χ1n) is 11.4. The van der Waals surface area contributed by atoms with Crippen LogP contribution in [-0.4, -0.2) is 38.5 Å². The summed E-state index contributed by atoms with van der Waals surface area (Å²) in [7, 11) is 0. The molecule has 1 aliphatic carbocycles. The molecule has 0 amide bonds. The summed E-state index contributed by atoms with van der Waals surface area (Å²) in [5, 5.41) is 14.1. The molecule has 0 atom stereocenters. The van der Waals surface area contributed by atoms with Crippen molar-refractivity contribution in [3.63, 3.8) is 0 Å². The van der Waals surface area contributed by atoms with E-state index in [9.17, 15) is 9.90 Å². The van der Waals surface area contributed by atoms with E-state index in [-0.39, 0.29) is 12.4 Å². The van der Waals surface area contributed by atoms with Crippen LogP contribution in [0.3, 0.4) is 0 Å². The number of carbonyl (C=O) groups is 1. The summed E-state index contributed by atoms with van der Waals surface area (Å²) in [6, 6.07) is 10.8. The van der Waals surface area contributed by atoms with E-state index in [1.165, 1.54) is 0 Å². The Morgan fingerprint density at radius 1 is 1.12 bits per heavy atom. The number of aliphatic hydroxyl groups is 1. The van der Waals surface area contributed by atoms with Gasteiger partial charge in [-0.15, -0.1) is 0 Å². The predicted molar refractivity (Wildman–Crippen MR) is 132 cm³/mol. The molecule has 1 fully saturated rings. The Morgan fingerprint density at radius 2 is 1.97 bits per heavy atom. The molecule has 3 aromatic heterocycles. The summed E-state index contributed by atoms with van der Waals surface area (Å²) in [5.41, 5.74) is 2.41. The van der Waals surface area contributed by atoms with E-state index in [0.717, 1.165) is 36.8 Å². The molecule has 3 N–H and O–H groups in total. The van der Waals surface area contributed by atoms with Gasteiger partial charge < -0.3 is 20.1 Å². The largest absolute Gasteiger partial charge is 0.456 e. The quantitative estimate of drug-likeness (QED) is 0.300. The first kappa shape index (κ1) is 22.4. The molecule has 0 bridgehead atoms. The highest BCUT2D eigenvalue weighted by molar-refractivity contribution is 6.35. The van der Waals surface area contributed by atoms with Crippen molar-refractivity contribution in [3.05, 3.63) is 77.3 Å². The standard InChI is InChI=1S/C26H25ClN4O3/c27-22-12-18(34-19-2-1-10-28-13-19)7-8-20(22)25(33)21-14-30-26-24(21)23(9-11-29-26)31-17-5-3-16(15-32)4-6-17/h1-2,7-14,16-17,32H,3-6,15H2,(H2,29,30,31)/t16-,17-. The first-order chi connectivity index (χ1) is 16.6. The van der Waals surface area contributed by atoms with Crippen LogP contribution >= 0.6 is 11.6 Å². The molecule has 0 saturated heterocycles. The molecular weight excluding hydrogens is 452 g/mol. The van der Waals surface area contributed by atoms with Gasteiger partial charge in [0.1, 0.15) is 17.1 Å². The van der Waals surface area contributed by atoms with Gasteiger partial charge in [0.25, 0.3) is 0 Å². The third-order valence-electron chi connectivity index (χ3n) is 6.34. The number of aromatic amines is 1. The SMILES string of the molecule is O=C(c1ccc(Oc2cccnc2)cc1Cl)c1c[nH]c2nccc(N[C@H]3CC[C@H](CO)CC3)c12. The van der Waals surface area contributed by atoms with E-state index in [2.05, 4.69) is 20.3 Å². The van der Waals surface area contributed by atoms with Crippen molar-refractivity contribution >= 4 is 34.1 Å². The van der Waals surface area contributed by atoms with Gasteiger partial charge in [0.05, 0.1) is 22.2 Å². The molecule has 1 aromatic carbocycles. The van der Waals surface area contributed by atoms with Gasteiger partial charge in [0, 0.05) is 48.6 Å². The molecule has 5 rings (SSSR count). The number of aliphatic hydroxyl groups excluding tert-OH is 1. The Morgan fingerprint density at radius 3 is 2.71 bits per heavy atom. The highest BCUT2D eigenvalue weighted by atomic mass is 35.5. The fraction of sp³-hybridized carbons (Fsp3) is 0.269. The zero-order valence-electron chi connectivity index (χ0n) is 18.5. The number of rotatable bonds is 7. The Kier molecular flexibility index (Phi) is 6.47. The Hall–Kier alpha value is -3.42. The van der Waals surface area contributed by atoms with Crippen molar-refractivity contribution in [1.29, 1.82) is 0 Å². The summed E-state index contributed by atoms with van der Waals surface area (Å²) in [6.07, 6.45) is 10.6. The second kappa shape index (κ2) is 9.83. The number of aromatic nitrogens is 3. The van der Waals surface area contributed by atoms with Gasteiger partial charge in [-0.3, -0.25) is 9.78 Å². The van der Waals surface area contributed by atoms with E-state index in [4.69, 9.17) is 16.3 Å². The number of benzene rings is 1. The smallest absolute Gasteiger partial charge is 0.196 e. The van der Waals surface area contributed by atoms with Crippen LogP contribution in [0.25, 0.3) is 11.0 Å². The van der Waals surface area contributed by atoms with Crippen molar-refractivity contribution in [2.24, 2.45) is 5.92 Å². The number of fused-ring (bicyclic) bond motifs is 1. The van der Waals surface area contributed by atoms with Crippen LogP contribution in [0.15, 0.2) is 61.2 Å². The number of nitrogens with one attached hydrogen (secondary N) is 2. The number of hydrogen-bond acceptors (Lipinski definition) is 6. The number of halogens is 1. The number of carbonyl (C=O) groups excluding carboxylic acids is 1. The van der Waals surface area contributed by atoms with Crippen LogP contribution in [0.4, 0.5) is 5.69 Å². The lowest BCUT2D eigenvalue weighted by molar-refractivity contribution is 0.104. The van der Waals surface area contributed by atoms with Gasteiger partial charge in [-0.05, 0) is 61.9 Å². The second-order valence-electron chi connectivity index (χ2n) is 8.59. The Balaban J connectivity index is 1.40. The van der Waals surface area contributed by atoms with Crippen molar-refractivity contribution in [1.82, 2.24) is 15.0 Å². The van der Waals surface area contributed by atoms with Crippen molar-refractivity contribution in [3.8, 4) is 11.5 Å². The zero-order chi connectivity index (χ0) is 23.5. The van der Waals surface area contributed by atoms with E-state index in [1.807, 2.05) is 6.07 Å². The van der Waals surface area contributed by atoms with Crippen LogP contribution in [0.5, 0.6) is 11.5 Å². The van der Waals surface area contributed by atoms with Crippen molar-refractivity contribution in [2.75, 3.05) is 11.9 Å². The maximum absolute atomic E-state index is 13.5. The zero-order valence-corrected chi connectivity index (χ0v) is 19.3. The minimum Gasteiger partial charge on any atom is -0.456 e. The minimum atomic E-state index is -0.191.